The van der Waals surface area contributed by atoms with Crippen molar-refractivity contribution in [2.75, 3.05) is 0 Å². The summed E-state index contributed by atoms with van der Waals surface area (Å²) >= 11 is 0. The van der Waals surface area contributed by atoms with Gasteiger partial charge in [-0.1, -0.05) is 89.9 Å². The van der Waals surface area contributed by atoms with Crippen LogP contribution in [0.2, 0.25) is 38.8 Å². The molecule has 10 fully saturated rings. The number of hydrogen-bond donors (Lipinski definition) is 0. The fourth-order valence-corrected chi connectivity index (χ4v) is 56.6. The Balaban J connectivity index is 1.19. The molecule has 51 heavy (non-hydrogen) atoms. The van der Waals surface area contributed by atoms with Crippen molar-refractivity contribution in [3.8, 4) is 0 Å². The maximum atomic E-state index is 8.52. The summed E-state index contributed by atoms with van der Waals surface area (Å²) in [6, 6.07) is 0. The van der Waals surface area contributed by atoms with Crippen molar-refractivity contribution in [1.29, 1.82) is 0 Å². The monoisotopic (exact) mass is 826 g/mol. The Kier molecular flexibility index (Phi) is 10.6. The van der Waals surface area contributed by atoms with E-state index in [1.807, 2.05) is 0 Å². The van der Waals surface area contributed by atoms with Crippen molar-refractivity contribution in [3.63, 3.8) is 0 Å². The van der Waals surface area contributed by atoms with Crippen LogP contribution in [0.5, 0.6) is 0 Å². The summed E-state index contributed by atoms with van der Waals surface area (Å²) in [5, 5.41) is 0. The van der Waals surface area contributed by atoms with Crippen LogP contribution in [0.15, 0.2) is 0 Å². The Morgan fingerprint density at radius 1 is 0.314 bits per heavy atom. The average molecular weight is 828 g/mol. The third-order valence-corrected chi connectivity index (χ3v) is 47.4. The Labute approximate surface area is 317 Å². The molecule has 0 radical (unpaired) electrons. The van der Waals surface area contributed by atoms with Crippen molar-refractivity contribution in [2.24, 2.45) is 0 Å². The lowest BCUT2D eigenvalue weighted by molar-refractivity contribution is 0.0485. The molecule has 0 spiro atoms. The molecule has 2 atom stereocenters. The number of hydrogen-bond acceptors (Lipinski definition) is 9. The smallest absolute Gasteiger partial charge is 0.399 e. The highest BCUT2D eigenvalue weighted by Crippen LogP contribution is 2.62. The van der Waals surface area contributed by atoms with Crippen molar-refractivity contribution in [1.82, 2.24) is 0 Å². The molecule has 4 bridgehead atoms. The molecule has 10 aliphatic rings. The van der Waals surface area contributed by atoms with Crippen molar-refractivity contribution in [2.45, 2.75) is 219 Å². The molecule has 9 nitrogen and oxygen atoms in total. The molecular weight excluding hydrogens is 761 g/mol. The summed E-state index contributed by atoms with van der Waals surface area (Å²) in [6.45, 7) is 0. The highest BCUT2D eigenvalue weighted by atomic mass is 28.6. The first-order chi connectivity index (χ1) is 25.1. The minimum Gasteiger partial charge on any atom is -0.399 e. The van der Waals surface area contributed by atoms with Gasteiger partial charge in [0.15, 0.2) is 0 Å². The first-order valence-corrected chi connectivity index (χ1v) is 34.1. The molecule has 16 heteroatoms. The molecule has 10 rings (SSSR count). The molecule has 3 heterocycles. The molecule has 0 N–H and O–H groups in total. The molecule has 2 unspecified atom stereocenters. The Hall–Kier alpha value is 1.16. The van der Waals surface area contributed by atoms with Crippen LogP contribution in [0.4, 0.5) is 0 Å². The van der Waals surface area contributed by atoms with Gasteiger partial charge in [0, 0.05) is 38.8 Å². The summed E-state index contributed by atoms with van der Waals surface area (Å²) in [4.78, 5) is 0. The van der Waals surface area contributed by atoms with Gasteiger partial charge in [-0.15, -0.1) is 0 Å². The first kappa shape index (κ1) is 36.5. The Morgan fingerprint density at radius 2 is 0.549 bits per heavy atom. The van der Waals surface area contributed by atoms with E-state index < -0.39 is 63.1 Å². The Bertz CT molecular complexity index is 1100. The summed E-state index contributed by atoms with van der Waals surface area (Å²) in [5.41, 5.74) is 2.70. The molecular formula is C35H66O9Si7. The van der Waals surface area contributed by atoms with Crippen LogP contribution in [0.1, 0.15) is 180 Å². The third kappa shape index (κ3) is 6.38. The van der Waals surface area contributed by atoms with Crippen LogP contribution >= 0.6 is 0 Å². The van der Waals surface area contributed by atoms with Gasteiger partial charge in [0.25, 0.3) is 10.0 Å². The lowest BCUT2D eigenvalue weighted by Gasteiger charge is -2.60. The quantitative estimate of drug-likeness (QED) is 0.234. The van der Waals surface area contributed by atoms with Gasteiger partial charge in [-0.05, 0) is 89.9 Å². The second-order valence-corrected chi connectivity index (χ2v) is 40.0. The van der Waals surface area contributed by atoms with Crippen LogP contribution in [0, 0.1) is 0 Å². The van der Waals surface area contributed by atoms with E-state index in [4.69, 9.17) is 37.0 Å². The van der Waals surface area contributed by atoms with E-state index in [1.54, 1.807) is 0 Å². The van der Waals surface area contributed by atoms with E-state index in [9.17, 15) is 0 Å². The molecule has 3 aliphatic heterocycles. The molecule has 0 amide bonds. The van der Waals surface area contributed by atoms with Gasteiger partial charge in [-0.25, -0.2) is 0 Å². The number of rotatable bonds is 7. The lowest BCUT2D eigenvalue weighted by Crippen LogP contribution is -2.79. The summed E-state index contributed by atoms with van der Waals surface area (Å²) in [6.07, 6.45) is 33.9. The van der Waals surface area contributed by atoms with Gasteiger partial charge in [0.2, 0.25) is 0 Å². The van der Waals surface area contributed by atoms with Gasteiger partial charge in [-0.3, -0.25) is 0 Å². The standard InChI is InChI=1S/C35H66O9Si7/c1-2-16-29(15-1)47(30-17-3-4-18-30)41-49(33-23-9-10-24-33)36-45-37-50(34-25-11-12-26-34)39-46(38-49)40-51(43-47,35-27-13-14-28-35)44-48(42-50,31-19-5-6-20-31)32-21-7-8-22-32/h29-35,46H,1-28,45H2. The van der Waals surface area contributed by atoms with Crippen molar-refractivity contribution < 1.29 is 37.0 Å². The van der Waals surface area contributed by atoms with Crippen LogP contribution < -0.4 is 0 Å². The molecule has 0 aromatic rings. The van der Waals surface area contributed by atoms with Crippen LogP contribution in [0.25, 0.3) is 0 Å². The normalized spacial score (nSPS) is 42.9. The molecule has 288 valence electrons. The molecule has 0 aromatic heterocycles. The van der Waals surface area contributed by atoms with E-state index in [2.05, 4.69) is 0 Å². The fourth-order valence-electron chi connectivity index (χ4n) is 13.2. The molecule has 0 aromatic carbocycles. The van der Waals surface area contributed by atoms with E-state index in [-0.39, 0.29) is 5.54 Å². The van der Waals surface area contributed by atoms with Gasteiger partial charge in [-0.2, -0.15) is 0 Å². The van der Waals surface area contributed by atoms with Gasteiger partial charge in [0.05, 0.1) is 0 Å². The van der Waals surface area contributed by atoms with Crippen molar-refractivity contribution in [3.05, 3.63) is 0 Å². The second kappa shape index (κ2) is 14.8. The van der Waals surface area contributed by atoms with E-state index in [0.29, 0.717) is 33.2 Å². The summed E-state index contributed by atoms with van der Waals surface area (Å²) < 4.78 is 71.9. The largest absolute Gasteiger partial charge is 0.478 e. The highest BCUT2D eigenvalue weighted by molar-refractivity contribution is 6.97. The Morgan fingerprint density at radius 3 is 0.863 bits per heavy atom. The third-order valence-electron chi connectivity index (χ3n) is 15.8. The van der Waals surface area contributed by atoms with E-state index in [0.717, 1.165) is 38.5 Å². The predicted molar refractivity (Wildman–Crippen MR) is 210 cm³/mol. The number of fused-ring (bicyclic) bond motifs is 3. The van der Waals surface area contributed by atoms with Crippen molar-refractivity contribution >= 4 is 63.1 Å². The SMILES string of the molecule is C1CCC([Si]23O[SiH2]O[Si]4(C5CCCC5)O[SiH](O2)O[Si](C2CCCC2)(O[Si](C2CCCC2)(C2CCCC2)O3)O[Si](C2CCCC2)(C2CCCC2)O4)C1. The summed E-state index contributed by atoms with van der Waals surface area (Å²) in [5.74, 6) is 0. The fraction of sp³-hybridized carbons (Fsp3) is 1.00. The second-order valence-electron chi connectivity index (χ2n) is 18.6. The van der Waals surface area contributed by atoms with E-state index in [1.165, 1.54) is 141 Å². The molecule has 7 saturated carbocycles. The lowest BCUT2D eigenvalue weighted by atomic mass is 10.3. The minimum absolute atomic E-state index is 0.289. The first-order valence-electron chi connectivity index (χ1n) is 22.2. The highest BCUT2D eigenvalue weighted by Gasteiger charge is 2.76. The zero-order valence-corrected chi connectivity index (χ0v) is 38.9. The van der Waals surface area contributed by atoms with Crippen LogP contribution in [0.3, 0.4) is 0 Å². The predicted octanol–water partition coefficient (Wildman–Crippen LogP) is 9.20. The van der Waals surface area contributed by atoms with Crippen LogP contribution in [-0.4, -0.2) is 63.1 Å². The maximum absolute atomic E-state index is 8.52. The van der Waals surface area contributed by atoms with Gasteiger partial charge < -0.3 is 37.0 Å². The van der Waals surface area contributed by atoms with Gasteiger partial charge in [0.1, 0.15) is 0 Å². The topological polar surface area (TPSA) is 83.1 Å². The molecule has 3 saturated heterocycles. The van der Waals surface area contributed by atoms with E-state index >= 15 is 0 Å². The average Bonchev–Trinajstić information content (AvgIpc) is 3.99. The molecule has 7 aliphatic carbocycles. The van der Waals surface area contributed by atoms with Crippen LogP contribution in [-0.2, 0) is 37.0 Å². The minimum atomic E-state index is -3.47. The van der Waals surface area contributed by atoms with Gasteiger partial charge >= 0.3 is 53.1 Å². The zero-order chi connectivity index (χ0) is 34.0. The maximum Gasteiger partial charge on any atom is 0.478 e. The zero-order valence-electron chi connectivity index (χ0n) is 31.3. The summed E-state index contributed by atoms with van der Waals surface area (Å²) in [7, 11) is -20.6.